The molecule has 0 fully saturated rings. The third kappa shape index (κ3) is 7.38. The van der Waals surface area contributed by atoms with E-state index in [-0.39, 0.29) is 5.91 Å². The van der Waals surface area contributed by atoms with Gasteiger partial charge in [0.05, 0.1) is 0 Å². The van der Waals surface area contributed by atoms with Gasteiger partial charge in [0.2, 0.25) is 11.9 Å². The van der Waals surface area contributed by atoms with Gasteiger partial charge in [-0.15, -0.1) is 0 Å². The number of benzene rings is 3. The molecule has 0 radical (unpaired) electrons. The molecule has 0 bridgehead atoms. The van der Waals surface area contributed by atoms with Gasteiger partial charge in [0.25, 0.3) is 0 Å². The number of carbonyl (C=O) groups excluding carboxylic acids is 1. The minimum absolute atomic E-state index is 0.0672. The Morgan fingerprint density at radius 2 is 1.56 bits per heavy atom. The Labute approximate surface area is 212 Å². The minimum atomic E-state index is -0.0672. The SMILES string of the molecule is O=C(CCNc1cccc(Cl)c1)Nc1ccc(Sc2ccnc(Nc3cccc(Cl)c3)n2)cc1. The Kier molecular flexibility index (Phi) is 8.25. The largest absolute Gasteiger partial charge is 0.384 e. The van der Waals surface area contributed by atoms with Crippen LogP contribution in [-0.2, 0) is 4.79 Å². The molecule has 0 aliphatic rings. The number of rotatable bonds is 9. The number of hydrogen-bond donors (Lipinski definition) is 3. The third-order valence-electron chi connectivity index (χ3n) is 4.58. The van der Waals surface area contributed by atoms with E-state index in [1.165, 1.54) is 11.8 Å². The van der Waals surface area contributed by atoms with Gasteiger partial charge in [0.1, 0.15) is 5.03 Å². The summed E-state index contributed by atoms with van der Waals surface area (Å²) in [6.07, 6.45) is 2.04. The number of halogens is 2. The first-order chi connectivity index (χ1) is 16.5. The number of nitrogens with one attached hydrogen (secondary N) is 3. The number of nitrogens with zero attached hydrogens (tertiary/aromatic N) is 2. The number of amides is 1. The van der Waals surface area contributed by atoms with Crippen LogP contribution in [-0.4, -0.2) is 22.4 Å². The molecule has 4 rings (SSSR count). The van der Waals surface area contributed by atoms with Crippen molar-refractivity contribution in [3.63, 3.8) is 0 Å². The summed E-state index contributed by atoms with van der Waals surface area (Å²) in [4.78, 5) is 22.0. The number of hydrogen-bond acceptors (Lipinski definition) is 6. The van der Waals surface area contributed by atoms with E-state index in [9.17, 15) is 4.79 Å². The lowest BCUT2D eigenvalue weighted by atomic mass is 10.3. The van der Waals surface area contributed by atoms with Crippen LogP contribution in [0, 0.1) is 0 Å². The first-order valence-corrected chi connectivity index (χ1v) is 12.0. The second-order valence-electron chi connectivity index (χ2n) is 7.22. The number of carbonyl (C=O) groups is 1. The lowest BCUT2D eigenvalue weighted by molar-refractivity contribution is -0.115. The minimum Gasteiger partial charge on any atom is -0.384 e. The molecule has 6 nitrogen and oxygen atoms in total. The molecule has 0 saturated heterocycles. The molecule has 1 amide bonds. The molecule has 4 aromatic rings. The van der Waals surface area contributed by atoms with Gasteiger partial charge in [-0.1, -0.05) is 47.1 Å². The van der Waals surface area contributed by atoms with E-state index in [1.807, 2.05) is 78.9 Å². The molecule has 9 heteroatoms. The molecule has 1 aromatic heterocycles. The maximum absolute atomic E-state index is 12.2. The van der Waals surface area contributed by atoms with Crippen molar-refractivity contribution >= 4 is 63.9 Å². The van der Waals surface area contributed by atoms with E-state index in [0.29, 0.717) is 29.0 Å². The second-order valence-corrected chi connectivity index (χ2v) is 9.18. The maximum atomic E-state index is 12.2. The van der Waals surface area contributed by atoms with E-state index in [4.69, 9.17) is 23.2 Å². The van der Waals surface area contributed by atoms with Gasteiger partial charge in [-0.3, -0.25) is 4.79 Å². The van der Waals surface area contributed by atoms with E-state index in [2.05, 4.69) is 25.9 Å². The molecule has 1 heterocycles. The molecule has 3 aromatic carbocycles. The smallest absolute Gasteiger partial charge is 0.228 e. The highest BCUT2D eigenvalue weighted by atomic mass is 35.5. The lowest BCUT2D eigenvalue weighted by Crippen LogP contribution is -2.16. The monoisotopic (exact) mass is 509 g/mol. The standard InChI is InChI=1S/C25H21Cl2N5OS/c26-17-3-1-5-20(15-17)28-13-11-23(33)30-19-7-9-22(10-8-19)34-24-12-14-29-25(32-24)31-21-6-2-4-18(27)16-21/h1-10,12,14-16,28H,11,13H2,(H,30,33)(H,29,31,32). The van der Waals surface area contributed by atoms with Crippen molar-refractivity contribution in [3.8, 4) is 0 Å². The first kappa shape index (κ1) is 23.9. The summed E-state index contributed by atoms with van der Waals surface area (Å²) in [5.74, 6) is 0.421. The average molecular weight is 510 g/mol. The first-order valence-electron chi connectivity index (χ1n) is 10.5. The van der Waals surface area contributed by atoms with E-state index < -0.39 is 0 Å². The molecule has 0 saturated carbocycles. The van der Waals surface area contributed by atoms with Crippen LogP contribution in [0.25, 0.3) is 0 Å². The predicted molar refractivity (Wildman–Crippen MR) is 141 cm³/mol. The van der Waals surface area contributed by atoms with Gasteiger partial charge in [0.15, 0.2) is 0 Å². The topological polar surface area (TPSA) is 78.9 Å². The Bertz CT molecular complexity index is 1270. The van der Waals surface area contributed by atoms with Crippen LogP contribution in [0.3, 0.4) is 0 Å². The summed E-state index contributed by atoms with van der Waals surface area (Å²) in [6, 6.07) is 24.3. The molecular weight excluding hydrogens is 489 g/mol. The summed E-state index contributed by atoms with van der Waals surface area (Å²) < 4.78 is 0. The molecule has 0 unspecified atom stereocenters. The fraction of sp³-hybridized carbons (Fsp3) is 0.0800. The number of anilines is 4. The highest BCUT2D eigenvalue weighted by molar-refractivity contribution is 7.99. The summed E-state index contributed by atoms with van der Waals surface area (Å²) >= 11 is 13.5. The third-order valence-corrected chi connectivity index (χ3v) is 5.99. The summed E-state index contributed by atoms with van der Waals surface area (Å²) in [6.45, 7) is 0.513. The summed E-state index contributed by atoms with van der Waals surface area (Å²) in [5.41, 5.74) is 2.44. The molecule has 0 atom stereocenters. The summed E-state index contributed by atoms with van der Waals surface area (Å²) in [7, 11) is 0. The van der Waals surface area contributed by atoms with Crippen LogP contribution in [0.4, 0.5) is 23.0 Å². The van der Waals surface area contributed by atoms with Crippen molar-refractivity contribution in [3.05, 3.63) is 95.1 Å². The van der Waals surface area contributed by atoms with Crippen molar-refractivity contribution in [2.75, 3.05) is 22.5 Å². The Morgan fingerprint density at radius 3 is 2.29 bits per heavy atom. The van der Waals surface area contributed by atoms with Crippen LogP contribution in [0.2, 0.25) is 10.0 Å². The number of aromatic nitrogens is 2. The zero-order chi connectivity index (χ0) is 23.8. The molecule has 3 N–H and O–H groups in total. The highest BCUT2D eigenvalue weighted by Crippen LogP contribution is 2.28. The molecule has 0 spiro atoms. The fourth-order valence-corrected chi connectivity index (χ4v) is 4.18. The molecular formula is C25H21Cl2N5OS. The molecule has 0 aliphatic heterocycles. The van der Waals surface area contributed by atoms with Gasteiger partial charge in [-0.05, 0) is 66.7 Å². The zero-order valence-electron chi connectivity index (χ0n) is 18.0. The summed E-state index contributed by atoms with van der Waals surface area (Å²) in [5, 5.41) is 11.3. The van der Waals surface area contributed by atoms with Crippen molar-refractivity contribution in [2.45, 2.75) is 16.3 Å². The van der Waals surface area contributed by atoms with Gasteiger partial charge in [-0.25, -0.2) is 9.97 Å². The second kappa shape index (κ2) is 11.7. The lowest BCUT2D eigenvalue weighted by Gasteiger charge is -2.09. The van der Waals surface area contributed by atoms with E-state index in [1.54, 1.807) is 6.20 Å². The van der Waals surface area contributed by atoms with Crippen molar-refractivity contribution in [1.82, 2.24) is 9.97 Å². The molecule has 0 aliphatic carbocycles. The van der Waals surface area contributed by atoms with Gasteiger partial charge < -0.3 is 16.0 Å². The Morgan fingerprint density at radius 1 is 0.853 bits per heavy atom. The maximum Gasteiger partial charge on any atom is 0.228 e. The highest BCUT2D eigenvalue weighted by Gasteiger charge is 2.06. The van der Waals surface area contributed by atoms with Crippen LogP contribution in [0.5, 0.6) is 0 Å². The van der Waals surface area contributed by atoms with Crippen LogP contribution in [0.15, 0.2) is 95.0 Å². The van der Waals surface area contributed by atoms with Crippen molar-refractivity contribution < 1.29 is 4.79 Å². The fourth-order valence-electron chi connectivity index (χ4n) is 3.02. The molecule has 172 valence electrons. The van der Waals surface area contributed by atoms with E-state index in [0.717, 1.165) is 27.0 Å². The Balaban J connectivity index is 1.27. The van der Waals surface area contributed by atoms with Gasteiger partial charge in [0, 0.05) is 51.2 Å². The quantitative estimate of drug-likeness (QED) is 0.208. The predicted octanol–water partition coefficient (Wildman–Crippen LogP) is 7.12. The van der Waals surface area contributed by atoms with Crippen LogP contribution >= 0.6 is 35.0 Å². The van der Waals surface area contributed by atoms with Crippen molar-refractivity contribution in [1.29, 1.82) is 0 Å². The van der Waals surface area contributed by atoms with Crippen molar-refractivity contribution in [2.24, 2.45) is 0 Å². The van der Waals surface area contributed by atoms with Crippen LogP contribution in [0.1, 0.15) is 6.42 Å². The normalized spacial score (nSPS) is 10.5. The van der Waals surface area contributed by atoms with E-state index >= 15 is 0 Å². The average Bonchev–Trinajstić information content (AvgIpc) is 2.81. The van der Waals surface area contributed by atoms with Crippen LogP contribution < -0.4 is 16.0 Å². The zero-order valence-corrected chi connectivity index (χ0v) is 20.3. The Hall–Kier alpha value is -3.26. The van der Waals surface area contributed by atoms with Gasteiger partial charge >= 0.3 is 0 Å². The van der Waals surface area contributed by atoms with Gasteiger partial charge in [-0.2, -0.15) is 0 Å². The molecule has 34 heavy (non-hydrogen) atoms.